The molecular formula is C23H20FN3O4S2. The van der Waals surface area contributed by atoms with Crippen LogP contribution in [-0.4, -0.2) is 23.3 Å². The van der Waals surface area contributed by atoms with Crippen molar-refractivity contribution in [1.29, 1.82) is 0 Å². The van der Waals surface area contributed by atoms with Gasteiger partial charge in [-0.25, -0.2) is 17.6 Å². The average molecular weight is 486 g/mol. The lowest BCUT2D eigenvalue weighted by molar-refractivity contribution is 0.101. The van der Waals surface area contributed by atoms with Gasteiger partial charge in [-0.3, -0.25) is 18.7 Å². The molecule has 0 unspecified atom stereocenters. The van der Waals surface area contributed by atoms with E-state index in [1.54, 1.807) is 38.4 Å². The zero-order chi connectivity index (χ0) is 23.9. The molecule has 0 aliphatic rings. The predicted molar refractivity (Wildman–Crippen MR) is 126 cm³/mol. The van der Waals surface area contributed by atoms with E-state index in [2.05, 4.69) is 4.72 Å². The van der Waals surface area contributed by atoms with Gasteiger partial charge in [0.15, 0.2) is 5.78 Å². The Kier molecular flexibility index (Phi) is 5.89. The maximum atomic E-state index is 13.3. The van der Waals surface area contributed by atoms with Gasteiger partial charge >= 0.3 is 5.69 Å². The molecule has 0 radical (unpaired) electrons. The van der Waals surface area contributed by atoms with Crippen molar-refractivity contribution in [2.24, 2.45) is 14.1 Å². The fraction of sp³-hybridized carbons (Fsp3) is 0.130. The predicted octanol–water partition coefficient (Wildman–Crippen LogP) is 4.17. The Morgan fingerprint density at radius 1 is 0.939 bits per heavy atom. The molecule has 0 bridgehead atoms. The highest BCUT2D eigenvalue weighted by atomic mass is 32.2. The molecule has 4 aromatic rings. The van der Waals surface area contributed by atoms with Crippen LogP contribution in [0.25, 0.3) is 11.0 Å². The van der Waals surface area contributed by atoms with Crippen LogP contribution in [0.4, 0.5) is 10.1 Å². The van der Waals surface area contributed by atoms with Crippen LogP contribution in [0.2, 0.25) is 0 Å². The quantitative estimate of drug-likeness (QED) is 0.414. The zero-order valence-electron chi connectivity index (χ0n) is 18.0. The summed E-state index contributed by atoms with van der Waals surface area (Å²) >= 11 is 1.24. The van der Waals surface area contributed by atoms with E-state index in [0.29, 0.717) is 26.4 Å². The number of aromatic nitrogens is 2. The topological polar surface area (TPSA) is 90.2 Å². The number of rotatable bonds is 6. The summed E-state index contributed by atoms with van der Waals surface area (Å²) in [7, 11) is -0.747. The van der Waals surface area contributed by atoms with Crippen LogP contribution in [0, 0.1) is 5.82 Å². The van der Waals surface area contributed by atoms with E-state index >= 15 is 0 Å². The van der Waals surface area contributed by atoms with E-state index in [1.165, 1.54) is 64.2 Å². The number of hydrogen-bond donors (Lipinski definition) is 1. The van der Waals surface area contributed by atoms with Crippen molar-refractivity contribution in [2.45, 2.75) is 21.6 Å². The number of Topliss-reactive ketones (excluding diaryl/α,β-unsaturated/α-hetero) is 1. The SMILES string of the molecule is CC(=O)c1ccc(S(=O)(=O)Nc2cc3c(cc2Sc2ccc(F)cc2)n(C)c(=O)n3C)cc1. The second-order valence-corrected chi connectivity index (χ2v) is 10.3. The van der Waals surface area contributed by atoms with E-state index in [0.717, 1.165) is 0 Å². The standard InChI is InChI=1S/C23H20FN3O4S2/c1-14(28)15-4-10-18(11-5-15)33(30,31)25-19-12-20-21(27(3)23(29)26(20)2)13-22(19)32-17-8-6-16(24)7-9-17/h4-13,25H,1-3H3. The third-order valence-electron chi connectivity index (χ3n) is 5.23. The summed E-state index contributed by atoms with van der Waals surface area (Å²) in [6.07, 6.45) is 0. The van der Waals surface area contributed by atoms with Gasteiger partial charge in [0.2, 0.25) is 0 Å². The molecule has 10 heteroatoms. The third-order valence-corrected chi connectivity index (χ3v) is 7.68. The van der Waals surface area contributed by atoms with Crippen LogP contribution < -0.4 is 10.4 Å². The molecular weight excluding hydrogens is 465 g/mol. The van der Waals surface area contributed by atoms with Gasteiger partial charge in [-0.2, -0.15) is 0 Å². The summed E-state index contributed by atoms with van der Waals surface area (Å²) in [5.74, 6) is -0.546. The number of carbonyl (C=O) groups excluding carboxylic acids is 1. The van der Waals surface area contributed by atoms with Gasteiger partial charge in [-0.1, -0.05) is 23.9 Å². The average Bonchev–Trinajstić information content (AvgIpc) is 2.99. The van der Waals surface area contributed by atoms with Crippen molar-refractivity contribution in [2.75, 3.05) is 4.72 Å². The van der Waals surface area contributed by atoms with Crippen molar-refractivity contribution in [3.05, 3.63) is 82.5 Å². The van der Waals surface area contributed by atoms with E-state index < -0.39 is 10.0 Å². The van der Waals surface area contributed by atoms with Crippen molar-refractivity contribution in [1.82, 2.24) is 9.13 Å². The smallest absolute Gasteiger partial charge is 0.295 e. The van der Waals surface area contributed by atoms with Crippen molar-refractivity contribution in [3.8, 4) is 0 Å². The lowest BCUT2D eigenvalue weighted by atomic mass is 10.2. The number of sulfonamides is 1. The highest BCUT2D eigenvalue weighted by molar-refractivity contribution is 7.99. The molecule has 33 heavy (non-hydrogen) atoms. The first-order valence-electron chi connectivity index (χ1n) is 9.83. The number of aryl methyl sites for hydroxylation is 2. The first kappa shape index (κ1) is 22.8. The summed E-state index contributed by atoms with van der Waals surface area (Å²) in [6, 6.07) is 14.8. The third kappa shape index (κ3) is 4.44. The first-order valence-corrected chi connectivity index (χ1v) is 12.1. The van der Waals surface area contributed by atoms with Crippen LogP contribution >= 0.6 is 11.8 Å². The van der Waals surface area contributed by atoms with E-state index in [4.69, 9.17) is 0 Å². The summed E-state index contributed by atoms with van der Waals surface area (Å²) < 4.78 is 45.0. The first-order chi connectivity index (χ1) is 15.6. The maximum Gasteiger partial charge on any atom is 0.328 e. The largest absolute Gasteiger partial charge is 0.328 e. The number of hydrogen-bond acceptors (Lipinski definition) is 5. The van der Waals surface area contributed by atoms with Crippen LogP contribution in [0.5, 0.6) is 0 Å². The molecule has 0 atom stereocenters. The Balaban J connectivity index is 1.81. The Labute approximate surface area is 193 Å². The fourth-order valence-electron chi connectivity index (χ4n) is 3.39. The Morgan fingerprint density at radius 3 is 2.09 bits per heavy atom. The number of carbonyl (C=O) groups is 1. The number of anilines is 1. The molecule has 0 spiro atoms. The van der Waals surface area contributed by atoms with Gasteiger partial charge in [-0.15, -0.1) is 0 Å². The van der Waals surface area contributed by atoms with Crippen LogP contribution in [0.1, 0.15) is 17.3 Å². The number of imidazole rings is 1. The van der Waals surface area contributed by atoms with Gasteiger partial charge in [0, 0.05) is 29.4 Å². The van der Waals surface area contributed by atoms with Crippen molar-refractivity contribution >= 4 is 44.3 Å². The Bertz CT molecular complexity index is 1540. The van der Waals surface area contributed by atoms with E-state index in [9.17, 15) is 22.4 Å². The highest BCUT2D eigenvalue weighted by Crippen LogP contribution is 2.37. The minimum Gasteiger partial charge on any atom is -0.295 e. The maximum absolute atomic E-state index is 13.3. The molecule has 3 aromatic carbocycles. The van der Waals surface area contributed by atoms with E-state index in [1.807, 2.05) is 0 Å². The summed E-state index contributed by atoms with van der Waals surface area (Å²) in [5, 5.41) is 0. The molecule has 1 heterocycles. The normalized spacial score (nSPS) is 11.6. The molecule has 0 aliphatic heterocycles. The molecule has 0 fully saturated rings. The number of nitrogens with zero attached hydrogens (tertiary/aromatic N) is 2. The second-order valence-electron chi connectivity index (χ2n) is 7.48. The van der Waals surface area contributed by atoms with Gasteiger partial charge in [-0.05, 0) is 55.5 Å². The summed E-state index contributed by atoms with van der Waals surface area (Å²) in [4.78, 5) is 25.1. The number of halogens is 1. The second kappa shape index (κ2) is 8.53. The molecule has 1 N–H and O–H groups in total. The number of ketones is 1. The summed E-state index contributed by atoms with van der Waals surface area (Å²) in [6.45, 7) is 1.40. The minimum atomic E-state index is -3.99. The highest BCUT2D eigenvalue weighted by Gasteiger charge is 2.20. The lowest BCUT2D eigenvalue weighted by Crippen LogP contribution is -2.19. The van der Waals surface area contributed by atoms with Crippen LogP contribution in [-0.2, 0) is 24.1 Å². The van der Waals surface area contributed by atoms with Gasteiger partial charge in [0.05, 0.1) is 21.6 Å². The Morgan fingerprint density at radius 2 is 1.52 bits per heavy atom. The van der Waals surface area contributed by atoms with Gasteiger partial charge in [0.1, 0.15) is 5.82 Å². The molecule has 0 amide bonds. The van der Waals surface area contributed by atoms with E-state index in [-0.39, 0.29) is 27.9 Å². The summed E-state index contributed by atoms with van der Waals surface area (Å²) in [5.41, 5.74) is 1.61. The molecule has 7 nitrogen and oxygen atoms in total. The molecule has 0 aliphatic carbocycles. The molecule has 1 aromatic heterocycles. The van der Waals surface area contributed by atoms with Crippen molar-refractivity contribution < 1.29 is 17.6 Å². The molecule has 0 saturated carbocycles. The van der Waals surface area contributed by atoms with Crippen LogP contribution in [0.15, 0.2) is 80.1 Å². The molecule has 4 rings (SSSR count). The number of nitrogens with one attached hydrogen (secondary N) is 1. The lowest BCUT2D eigenvalue weighted by Gasteiger charge is -2.14. The number of fused-ring (bicyclic) bond motifs is 1. The molecule has 0 saturated heterocycles. The van der Waals surface area contributed by atoms with Gasteiger partial charge in [0.25, 0.3) is 10.0 Å². The zero-order valence-corrected chi connectivity index (χ0v) is 19.6. The number of benzene rings is 3. The fourth-order valence-corrected chi connectivity index (χ4v) is 5.44. The minimum absolute atomic E-state index is 0.00715. The Hall–Kier alpha value is -3.37. The monoisotopic (exact) mass is 485 g/mol. The van der Waals surface area contributed by atoms with Crippen LogP contribution in [0.3, 0.4) is 0 Å². The van der Waals surface area contributed by atoms with Gasteiger partial charge < -0.3 is 0 Å². The molecule has 170 valence electrons. The van der Waals surface area contributed by atoms with Crippen molar-refractivity contribution in [3.63, 3.8) is 0 Å².